The van der Waals surface area contributed by atoms with Crippen molar-refractivity contribution in [2.75, 3.05) is 25.0 Å². The molecule has 96 valence electrons. The fourth-order valence-corrected chi connectivity index (χ4v) is 2.13. The van der Waals surface area contributed by atoms with Gasteiger partial charge in [0.1, 0.15) is 5.75 Å². The number of methoxy groups -OCH3 is 1. The van der Waals surface area contributed by atoms with Crippen LogP contribution < -0.4 is 9.44 Å². The fourth-order valence-electron chi connectivity index (χ4n) is 1.19. The van der Waals surface area contributed by atoms with Gasteiger partial charge in [-0.2, -0.15) is 13.1 Å². The molecule has 6 nitrogen and oxygen atoms in total. The number of phenolic OH excluding ortho intramolecular Hbond substituents is 1. The number of hydrogen-bond acceptors (Lipinski definition) is 4. The Bertz CT molecular complexity index is 473. The number of aromatic hydroxyl groups is 1. The lowest BCUT2D eigenvalue weighted by Crippen LogP contribution is -2.32. The molecule has 0 aliphatic carbocycles. The first kappa shape index (κ1) is 13.8. The SMILES string of the molecule is COCCNS(=O)(=O)Nc1cccc(O)c1C. The van der Waals surface area contributed by atoms with Gasteiger partial charge in [-0.3, -0.25) is 4.72 Å². The van der Waals surface area contributed by atoms with Crippen molar-refractivity contribution in [1.29, 1.82) is 0 Å². The smallest absolute Gasteiger partial charge is 0.299 e. The first-order chi connectivity index (χ1) is 7.96. The van der Waals surface area contributed by atoms with Crippen LogP contribution in [0.2, 0.25) is 0 Å². The van der Waals surface area contributed by atoms with E-state index in [0.29, 0.717) is 17.9 Å². The van der Waals surface area contributed by atoms with Crippen LogP contribution in [0.15, 0.2) is 18.2 Å². The van der Waals surface area contributed by atoms with Crippen LogP contribution in [0.5, 0.6) is 5.75 Å². The summed E-state index contributed by atoms with van der Waals surface area (Å²) in [4.78, 5) is 0. The zero-order valence-electron chi connectivity index (χ0n) is 9.73. The molecule has 0 saturated carbocycles. The van der Waals surface area contributed by atoms with Crippen molar-refractivity contribution in [3.05, 3.63) is 23.8 Å². The zero-order chi connectivity index (χ0) is 12.9. The molecule has 17 heavy (non-hydrogen) atoms. The topological polar surface area (TPSA) is 87.7 Å². The van der Waals surface area contributed by atoms with Gasteiger partial charge in [0.15, 0.2) is 0 Å². The summed E-state index contributed by atoms with van der Waals surface area (Å²) < 4.78 is 32.5. The molecule has 0 aliphatic rings. The Balaban J connectivity index is 2.73. The van der Waals surface area contributed by atoms with E-state index in [2.05, 4.69) is 9.44 Å². The molecule has 0 unspecified atom stereocenters. The molecule has 0 spiro atoms. The lowest BCUT2D eigenvalue weighted by molar-refractivity contribution is 0.204. The summed E-state index contributed by atoms with van der Waals surface area (Å²) in [6.07, 6.45) is 0. The van der Waals surface area contributed by atoms with Gasteiger partial charge in [-0.15, -0.1) is 0 Å². The summed E-state index contributed by atoms with van der Waals surface area (Å²) in [5.41, 5.74) is 0.819. The van der Waals surface area contributed by atoms with Crippen molar-refractivity contribution in [2.45, 2.75) is 6.92 Å². The third-order valence-corrected chi connectivity index (χ3v) is 3.22. The Morgan fingerprint density at radius 3 is 2.76 bits per heavy atom. The van der Waals surface area contributed by atoms with Crippen LogP contribution in [0.3, 0.4) is 0 Å². The summed E-state index contributed by atoms with van der Waals surface area (Å²) in [6.45, 7) is 2.10. The zero-order valence-corrected chi connectivity index (χ0v) is 10.5. The van der Waals surface area contributed by atoms with Gasteiger partial charge < -0.3 is 9.84 Å². The fraction of sp³-hybridized carbons (Fsp3) is 0.400. The molecule has 0 atom stereocenters. The lowest BCUT2D eigenvalue weighted by Gasteiger charge is -2.11. The Labute approximate surface area is 101 Å². The van der Waals surface area contributed by atoms with E-state index in [9.17, 15) is 13.5 Å². The van der Waals surface area contributed by atoms with Gasteiger partial charge in [0.05, 0.1) is 12.3 Å². The summed E-state index contributed by atoms with van der Waals surface area (Å²) in [6, 6.07) is 4.63. The second-order valence-electron chi connectivity index (χ2n) is 3.44. The number of phenols is 1. The van der Waals surface area contributed by atoms with Gasteiger partial charge in [-0.1, -0.05) is 6.07 Å². The van der Waals surface area contributed by atoms with Crippen LogP contribution in [0.25, 0.3) is 0 Å². The molecule has 0 aliphatic heterocycles. The Kier molecular flexibility index (Phi) is 4.73. The van der Waals surface area contributed by atoms with Gasteiger partial charge in [-0.05, 0) is 19.1 Å². The molecular weight excluding hydrogens is 244 g/mol. The van der Waals surface area contributed by atoms with E-state index in [1.807, 2.05) is 0 Å². The van der Waals surface area contributed by atoms with Gasteiger partial charge in [0.25, 0.3) is 10.2 Å². The number of anilines is 1. The van der Waals surface area contributed by atoms with E-state index in [-0.39, 0.29) is 12.3 Å². The molecule has 1 aromatic rings. The molecule has 0 aromatic heterocycles. The van der Waals surface area contributed by atoms with Crippen molar-refractivity contribution in [1.82, 2.24) is 4.72 Å². The third-order valence-electron chi connectivity index (χ3n) is 2.15. The minimum absolute atomic E-state index is 0.0436. The van der Waals surface area contributed by atoms with Crippen LogP contribution in [0.1, 0.15) is 5.56 Å². The van der Waals surface area contributed by atoms with Crippen molar-refractivity contribution in [2.24, 2.45) is 0 Å². The largest absolute Gasteiger partial charge is 0.508 e. The highest BCUT2D eigenvalue weighted by Gasteiger charge is 2.11. The van der Waals surface area contributed by atoms with Crippen molar-refractivity contribution >= 4 is 15.9 Å². The second kappa shape index (κ2) is 5.85. The highest BCUT2D eigenvalue weighted by atomic mass is 32.2. The molecular formula is C10H16N2O4S. The van der Waals surface area contributed by atoms with Crippen LogP contribution in [-0.2, 0) is 14.9 Å². The normalized spacial score (nSPS) is 11.4. The molecule has 0 fully saturated rings. The van der Waals surface area contributed by atoms with Crippen LogP contribution in [-0.4, -0.2) is 33.8 Å². The van der Waals surface area contributed by atoms with Crippen LogP contribution in [0.4, 0.5) is 5.69 Å². The predicted molar refractivity (Wildman–Crippen MR) is 65.3 cm³/mol. The van der Waals surface area contributed by atoms with E-state index in [4.69, 9.17) is 4.74 Å². The standard InChI is InChI=1S/C10H16N2O4S/c1-8-9(4-3-5-10(8)13)12-17(14,15)11-6-7-16-2/h3-5,11-13H,6-7H2,1-2H3. The minimum atomic E-state index is -3.64. The molecule has 0 amide bonds. The van der Waals surface area contributed by atoms with Crippen LogP contribution in [0, 0.1) is 6.92 Å². The maximum Gasteiger partial charge on any atom is 0.299 e. The van der Waals surface area contributed by atoms with E-state index in [1.54, 1.807) is 19.1 Å². The van der Waals surface area contributed by atoms with Crippen LogP contribution >= 0.6 is 0 Å². The molecule has 0 heterocycles. The molecule has 0 radical (unpaired) electrons. The van der Waals surface area contributed by atoms with Gasteiger partial charge >= 0.3 is 0 Å². The van der Waals surface area contributed by atoms with Gasteiger partial charge in [0.2, 0.25) is 0 Å². The highest BCUT2D eigenvalue weighted by Crippen LogP contribution is 2.24. The Morgan fingerprint density at radius 1 is 1.41 bits per heavy atom. The first-order valence-corrected chi connectivity index (χ1v) is 6.49. The number of hydrogen-bond donors (Lipinski definition) is 3. The predicted octanol–water partition coefficient (Wildman–Crippen LogP) is 0.593. The number of ether oxygens (including phenoxy) is 1. The summed E-state index contributed by atoms with van der Waals surface area (Å²) in [5.74, 6) is 0.0436. The highest BCUT2D eigenvalue weighted by molar-refractivity contribution is 7.90. The van der Waals surface area contributed by atoms with Crippen molar-refractivity contribution < 1.29 is 18.3 Å². The quantitative estimate of drug-likeness (QED) is 0.653. The van der Waals surface area contributed by atoms with E-state index < -0.39 is 10.2 Å². The average molecular weight is 260 g/mol. The average Bonchev–Trinajstić information content (AvgIpc) is 2.25. The van der Waals surface area contributed by atoms with Crippen molar-refractivity contribution in [3.63, 3.8) is 0 Å². The molecule has 3 N–H and O–H groups in total. The lowest BCUT2D eigenvalue weighted by atomic mass is 10.2. The monoisotopic (exact) mass is 260 g/mol. The number of benzene rings is 1. The van der Waals surface area contributed by atoms with E-state index >= 15 is 0 Å². The molecule has 1 rings (SSSR count). The minimum Gasteiger partial charge on any atom is -0.508 e. The Morgan fingerprint density at radius 2 is 2.12 bits per heavy atom. The Hall–Kier alpha value is -1.31. The molecule has 1 aromatic carbocycles. The summed E-state index contributed by atoms with van der Waals surface area (Å²) in [5, 5.41) is 9.44. The second-order valence-corrected chi connectivity index (χ2v) is 4.94. The maximum atomic E-state index is 11.6. The number of rotatable bonds is 6. The first-order valence-electron chi connectivity index (χ1n) is 5.01. The third kappa shape index (κ3) is 4.22. The number of nitrogens with one attached hydrogen (secondary N) is 2. The van der Waals surface area contributed by atoms with E-state index in [0.717, 1.165) is 0 Å². The molecule has 0 saturated heterocycles. The van der Waals surface area contributed by atoms with Gasteiger partial charge in [-0.25, -0.2) is 0 Å². The summed E-state index contributed by atoms with van der Waals surface area (Å²) >= 11 is 0. The van der Waals surface area contributed by atoms with E-state index in [1.165, 1.54) is 13.2 Å². The van der Waals surface area contributed by atoms with Gasteiger partial charge in [0, 0.05) is 19.2 Å². The summed E-state index contributed by atoms with van der Waals surface area (Å²) in [7, 11) is -2.15. The van der Waals surface area contributed by atoms with Crippen molar-refractivity contribution in [3.8, 4) is 5.75 Å². The maximum absolute atomic E-state index is 11.6. The molecule has 7 heteroatoms. The molecule has 0 bridgehead atoms.